The summed E-state index contributed by atoms with van der Waals surface area (Å²) in [5.74, 6) is -0.691. The molecule has 1 atom stereocenters. The molecule has 4 rings (SSSR count). The van der Waals surface area contributed by atoms with Crippen LogP contribution in [0.5, 0.6) is 5.75 Å². The number of carbonyl (C=O) groups is 2. The number of aliphatic hydroxyl groups excluding tert-OH is 1. The molecule has 6 nitrogen and oxygen atoms in total. The van der Waals surface area contributed by atoms with E-state index in [0.29, 0.717) is 31.0 Å². The number of hydrogen-bond donors (Lipinski definition) is 1. The SMILES string of the molecule is CCN(CC)CCN1C(=O)C(=O)/C(=C(/O)c2ccc(OCc3ccccc3)cc2C)[C@H]1c1cccs1. The fourth-order valence-electron chi connectivity index (χ4n) is 4.52. The predicted molar refractivity (Wildman–Crippen MR) is 143 cm³/mol. The van der Waals surface area contributed by atoms with Gasteiger partial charge in [0.1, 0.15) is 18.1 Å². The lowest BCUT2D eigenvalue weighted by molar-refractivity contribution is -0.140. The van der Waals surface area contributed by atoms with E-state index >= 15 is 0 Å². The van der Waals surface area contributed by atoms with E-state index < -0.39 is 17.7 Å². The van der Waals surface area contributed by atoms with Gasteiger partial charge < -0.3 is 19.6 Å². The number of likely N-dealkylation sites (tertiary alicyclic amines) is 1. The van der Waals surface area contributed by atoms with Crippen LogP contribution in [0.25, 0.3) is 5.76 Å². The second-order valence-corrected chi connectivity index (χ2v) is 9.77. The monoisotopic (exact) mass is 504 g/mol. The molecule has 0 radical (unpaired) electrons. The molecule has 0 aliphatic carbocycles. The van der Waals surface area contributed by atoms with Crippen molar-refractivity contribution in [2.45, 2.75) is 33.4 Å². The minimum Gasteiger partial charge on any atom is -0.507 e. The first-order chi connectivity index (χ1) is 17.4. The molecule has 1 N–H and O–H groups in total. The molecule has 0 saturated carbocycles. The number of hydrogen-bond acceptors (Lipinski definition) is 6. The maximum Gasteiger partial charge on any atom is 0.295 e. The molecule has 7 heteroatoms. The molecule has 0 bridgehead atoms. The molecule has 2 heterocycles. The van der Waals surface area contributed by atoms with Gasteiger partial charge in [-0.1, -0.05) is 50.2 Å². The van der Waals surface area contributed by atoms with Crippen LogP contribution in [0.4, 0.5) is 0 Å². The predicted octanol–water partition coefficient (Wildman–Crippen LogP) is 5.40. The highest BCUT2D eigenvalue weighted by Gasteiger charge is 2.46. The number of nitrogens with zero attached hydrogens (tertiary/aromatic N) is 2. The Hall–Kier alpha value is -3.42. The number of thiophene rings is 1. The number of amides is 1. The summed E-state index contributed by atoms with van der Waals surface area (Å²) in [6, 6.07) is 18.5. The third-order valence-electron chi connectivity index (χ3n) is 6.61. The second kappa shape index (κ2) is 11.5. The van der Waals surface area contributed by atoms with Crippen LogP contribution in [-0.4, -0.2) is 52.8 Å². The van der Waals surface area contributed by atoms with Gasteiger partial charge in [-0.05, 0) is 60.8 Å². The highest BCUT2D eigenvalue weighted by Crippen LogP contribution is 2.41. The van der Waals surface area contributed by atoms with E-state index in [1.807, 2.05) is 60.8 Å². The summed E-state index contributed by atoms with van der Waals surface area (Å²) in [6.45, 7) is 9.24. The van der Waals surface area contributed by atoms with Gasteiger partial charge in [0, 0.05) is 23.5 Å². The molecular formula is C29H32N2O4S. The Kier molecular flexibility index (Phi) is 8.23. The van der Waals surface area contributed by atoms with Crippen molar-refractivity contribution in [3.8, 4) is 5.75 Å². The van der Waals surface area contributed by atoms with Gasteiger partial charge in [0.15, 0.2) is 0 Å². The topological polar surface area (TPSA) is 70.1 Å². The Morgan fingerprint density at radius 2 is 1.81 bits per heavy atom. The first-order valence-electron chi connectivity index (χ1n) is 12.3. The number of ketones is 1. The minimum atomic E-state index is -0.644. The molecule has 1 fully saturated rings. The smallest absolute Gasteiger partial charge is 0.295 e. The summed E-state index contributed by atoms with van der Waals surface area (Å²) in [5, 5.41) is 13.3. The number of benzene rings is 2. The lowest BCUT2D eigenvalue weighted by Gasteiger charge is -2.27. The van der Waals surface area contributed by atoms with Gasteiger partial charge in [-0.15, -0.1) is 11.3 Å². The summed E-state index contributed by atoms with van der Waals surface area (Å²) in [6.07, 6.45) is 0. The lowest BCUT2D eigenvalue weighted by atomic mass is 9.97. The third-order valence-corrected chi connectivity index (χ3v) is 7.53. The van der Waals surface area contributed by atoms with Gasteiger partial charge in [0.05, 0.1) is 11.6 Å². The van der Waals surface area contributed by atoms with Crippen molar-refractivity contribution in [3.63, 3.8) is 0 Å². The number of likely N-dealkylation sites (N-methyl/N-ethyl adjacent to an activating group) is 1. The van der Waals surface area contributed by atoms with E-state index in [1.165, 1.54) is 11.3 Å². The van der Waals surface area contributed by atoms with Gasteiger partial charge in [-0.25, -0.2) is 0 Å². The standard InChI is InChI=1S/C29H32N2O4S/c1-4-30(5-2)15-16-31-26(24-12-9-17-36-24)25(28(33)29(31)34)27(32)23-14-13-22(18-20(23)3)35-19-21-10-7-6-8-11-21/h6-14,17-18,26,32H,4-5,15-16,19H2,1-3H3/b27-25+/t26-/m1/s1. The van der Waals surface area contributed by atoms with Crippen LogP contribution in [0, 0.1) is 6.92 Å². The van der Waals surface area contributed by atoms with Gasteiger partial charge in [-0.3, -0.25) is 9.59 Å². The van der Waals surface area contributed by atoms with Gasteiger partial charge in [0.25, 0.3) is 11.7 Å². The van der Waals surface area contributed by atoms with Crippen LogP contribution in [0.15, 0.2) is 71.6 Å². The van der Waals surface area contributed by atoms with Crippen molar-refractivity contribution < 1.29 is 19.4 Å². The zero-order valence-corrected chi connectivity index (χ0v) is 21.8. The fraction of sp³-hybridized carbons (Fsp3) is 0.310. The molecule has 36 heavy (non-hydrogen) atoms. The Bertz CT molecular complexity index is 1230. The van der Waals surface area contributed by atoms with E-state index in [1.54, 1.807) is 17.0 Å². The van der Waals surface area contributed by atoms with Crippen LogP contribution in [0.2, 0.25) is 0 Å². The van der Waals surface area contributed by atoms with Gasteiger partial charge in [-0.2, -0.15) is 0 Å². The normalized spacial score (nSPS) is 17.2. The number of rotatable bonds is 10. The van der Waals surface area contributed by atoms with E-state index in [0.717, 1.165) is 29.1 Å². The Morgan fingerprint density at radius 3 is 2.44 bits per heavy atom. The zero-order valence-electron chi connectivity index (χ0n) is 20.9. The molecule has 1 amide bonds. The molecule has 0 unspecified atom stereocenters. The number of carbonyl (C=O) groups excluding carboxylic acids is 2. The number of ether oxygens (including phenoxy) is 1. The summed E-state index contributed by atoms with van der Waals surface area (Å²) in [4.78, 5) is 31.0. The van der Waals surface area contributed by atoms with E-state index in [9.17, 15) is 14.7 Å². The summed E-state index contributed by atoms with van der Waals surface area (Å²) in [7, 11) is 0. The van der Waals surface area contributed by atoms with Crippen molar-refractivity contribution in [1.82, 2.24) is 9.80 Å². The van der Waals surface area contributed by atoms with Crippen molar-refractivity contribution in [2.75, 3.05) is 26.2 Å². The van der Waals surface area contributed by atoms with Crippen molar-refractivity contribution >= 4 is 28.8 Å². The number of Topliss-reactive ketones (excluding diaryl/α,β-unsaturated/α-hetero) is 1. The molecule has 1 aliphatic rings. The molecule has 0 spiro atoms. The first-order valence-corrected chi connectivity index (χ1v) is 13.1. The molecular weight excluding hydrogens is 472 g/mol. The van der Waals surface area contributed by atoms with Crippen LogP contribution < -0.4 is 4.74 Å². The van der Waals surface area contributed by atoms with Gasteiger partial charge in [0.2, 0.25) is 0 Å². The van der Waals surface area contributed by atoms with Crippen molar-refractivity contribution in [1.29, 1.82) is 0 Å². The van der Waals surface area contributed by atoms with Crippen LogP contribution in [0.1, 0.15) is 41.5 Å². The van der Waals surface area contributed by atoms with Gasteiger partial charge >= 0.3 is 0 Å². The average Bonchev–Trinajstić information content (AvgIpc) is 3.51. The second-order valence-electron chi connectivity index (χ2n) is 8.79. The van der Waals surface area contributed by atoms with Crippen LogP contribution in [0.3, 0.4) is 0 Å². The van der Waals surface area contributed by atoms with E-state index in [2.05, 4.69) is 18.7 Å². The van der Waals surface area contributed by atoms with Crippen LogP contribution >= 0.6 is 11.3 Å². The fourth-order valence-corrected chi connectivity index (χ4v) is 5.37. The molecule has 2 aromatic carbocycles. The average molecular weight is 505 g/mol. The first kappa shape index (κ1) is 25.7. The summed E-state index contributed by atoms with van der Waals surface area (Å²) in [5.41, 5.74) is 2.48. The van der Waals surface area contributed by atoms with E-state index in [-0.39, 0.29) is 11.3 Å². The number of aryl methyl sites for hydroxylation is 1. The van der Waals surface area contributed by atoms with Crippen molar-refractivity contribution in [2.24, 2.45) is 0 Å². The quantitative estimate of drug-likeness (QED) is 0.227. The number of aliphatic hydroxyl groups is 1. The Balaban J connectivity index is 1.64. The van der Waals surface area contributed by atoms with E-state index in [4.69, 9.17) is 4.74 Å². The highest BCUT2D eigenvalue weighted by molar-refractivity contribution is 7.10. The van der Waals surface area contributed by atoms with Crippen molar-refractivity contribution in [3.05, 3.63) is 93.2 Å². The lowest BCUT2D eigenvalue weighted by Crippen LogP contribution is -2.37. The Morgan fingerprint density at radius 1 is 1.06 bits per heavy atom. The molecule has 1 saturated heterocycles. The summed E-state index contributed by atoms with van der Waals surface area (Å²) < 4.78 is 5.91. The molecule has 188 valence electrons. The largest absolute Gasteiger partial charge is 0.507 e. The maximum atomic E-state index is 13.2. The molecule has 3 aromatic rings. The third kappa shape index (κ3) is 5.37. The highest BCUT2D eigenvalue weighted by atomic mass is 32.1. The zero-order chi connectivity index (χ0) is 25.7. The molecule has 1 aliphatic heterocycles. The maximum absolute atomic E-state index is 13.2. The minimum absolute atomic E-state index is 0.142. The van der Waals surface area contributed by atoms with Crippen LogP contribution in [-0.2, 0) is 16.2 Å². The molecule has 1 aromatic heterocycles. The summed E-state index contributed by atoms with van der Waals surface area (Å²) >= 11 is 1.48. The Labute approximate surface area is 216 Å².